The van der Waals surface area contributed by atoms with Gasteiger partial charge in [0.2, 0.25) is 5.91 Å². The van der Waals surface area contributed by atoms with Gasteiger partial charge < -0.3 is 9.73 Å². The molecule has 4 nitrogen and oxygen atoms in total. The summed E-state index contributed by atoms with van der Waals surface area (Å²) in [7, 11) is 0. The predicted octanol–water partition coefficient (Wildman–Crippen LogP) is 4.05. The monoisotopic (exact) mass is 374 g/mol. The summed E-state index contributed by atoms with van der Waals surface area (Å²) in [6, 6.07) is 9.37. The van der Waals surface area contributed by atoms with E-state index in [4.69, 9.17) is 4.42 Å². The van der Waals surface area contributed by atoms with E-state index in [1.54, 1.807) is 12.1 Å². The number of aryl methyl sites for hydroxylation is 1. The lowest BCUT2D eigenvalue weighted by Gasteiger charge is -2.05. The van der Waals surface area contributed by atoms with Crippen molar-refractivity contribution >= 4 is 5.91 Å². The summed E-state index contributed by atoms with van der Waals surface area (Å²) >= 11 is 0. The van der Waals surface area contributed by atoms with Gasteiger partial charge in [-0.1, -0.05) is 12.1 Å². The number of nitrogens with zero attached hydrogens (tertiary/aromatic N) is 1. The minimum atomic E-state index is -0.743. The number of carbonyl (C=O) groups is 1. The Balaban J connectivity index is 1.47. The molecule has 0 spiro atoms. The van der Waals surface area contributed by atoms with E-state index in [-0.39, 0.29) is 41.8 Å². The Morgan fingerprint density at radius 2 is 1.85 bits per heavy atom. The van der Waals surface area contributed by atoms with E-state index in [1.165, 1.54) is 24.4 Å². The zero-order valence-electron chi connectivity index (χ0n) is 14.3. The number of hydrogen-bond acceptors (Lipinski definition) is 3. The molecule has 2 aromatic carbocycles. The molecule has 0 aliphatic heterocycles. The number of benzene rings is 2. The number of oxazole rings is 1. The number of aromatic nitrogens is 1. The van der Waals surface area contributed by atoms with Crippen LogP contribution in [0.15, 0.2) is 53.1 Å². The van der Waals surface area contributed by atoms with Crippen LogP contribution in [0.1, 0.15) is 17.9 Å². The first-order valence-corrected chi connectivity index (χ1v) is 8.42. The van der Waals surface area contributed by atoms with Gasteiger partial charge in [-0.15, -0.1) is 0 Å². The van der Waals surface area contributed by atoms with E-state index in [0.717, 1.165) is 17.7 Å². The Morgan fingerprint density at radius 3 is 2.63 bits per heavy atom. The summed E-state index contributed by atoms with van der Waals surface area (Å²) < 4.78 is 45.2. The molecular weight excluding hydrogens is 357 g/mol. The lowest BCUT2D eigenvalue weighted by molar-refractivity contribution is -0.121. The Bertz CT molecular complexity index is 940. The zero-order valence-corrected chi connectivity index (χ0v) is 14.3. The molecule has 3 rings (SSSR count). The van der Waals surface area contributed by atoms with Crippen LogP contribution in [-0.2, 0) is 17.6 Å². The third-order valence-electron chi connectivity index (χ3n) is 3.94. The summed E-state index contributed by atoms with van der Waals surface area (Å²) in [5.41, 5.74) is 0.906. The van der Waals surface area contributed by atoms with Crippen LogP contribution in [0.2, 0.25) is 0 Å². The molecule has 140 valence electrons. The van der Waals surface area contributed by atoms with Gasteiger partial charge in [0.15, 0.2) is 11.7 Å². The smallest absolute Gasteiger partial charge is 0.220 e. The average Bonchev–Trinajstić information content (AvgIpc) is 3.09. The lowest BCUT2D eigenvalue weighted by Crippen LogP contribution is -2.25. The van der Waals surface area contributed by atoms with Gasteiger partial charge in [0.1, 0.15) is 17.5 Å². The maximum absolute atomic E-state index is 13.7. The van der Waals surface area contributed by atoms with Crippen LogP contribution in [0.5, 0.6) is 0 Å². The molecule has 0 saturated heterocycles. The fourth-order valence-corrected chi connectivity index (χ4v) is 2.59. The molecule has 0 atom stereocenters. The third-order valence-corrected chi connectivity index (χ3v) is 3.94. The number of hydrogen-bond donors (Lipinski definition) is 1. The highest BCUT2D eigenvalue weighted by Gasteiger charge is 2.13. The van der Waals surface area contributed by atoms with Gasteiger partial charge in [-0.05, 0) is 36.2 Å². The molecule has 0 radical (unpaired) electrons. The van der Waals surface area contributed by atoms with Crippen LogP contribution in [0.4, 0.5) is 13.2 Å². The zero-order chi connectivity index (χ0) is 19.2. The van der Waals surface area contributed by atoms with Gasteiger partial charge >= 0.3 is 0 Å². The van der Waals surface area contributed by atoms with Crippen molar-refractivity contribution < 1.29 is 22.4 Å². The van der Waals surface area contributed by atoms with Crippen LogP contribution in [0.3, 0.4) is 0 Å². The number of nitrogens with one attached hydrogen (secondary N) is 1. The topological polar surface area (TPSA) is 55.1 Å². The van der Waals surface area contributed by atoms with Crippen LogP contribution in [0, 0.1) is 17.5 Å². The molecule has 3 aromatic rings. The van der Waals surface area contributed by atoms with Crippen molar-refractivity contribution in [2.24, 2.45) is 0 Å². The van der Waals surface area contributed by atoms with Crippen molar-refractivity contribution in [2.75, 3.05) is 6.54 Å². The molecule has 0 bridgehead atoms. The Hall–Kier alpha value is -3.09. The van der Waals surface area contributed by atoms with Crippen molar-refractivity contribution in [3.05, 3.63) is 77.6 Å². The Morgan fingerprint density at radius 1 is 1.04 bits per heavy atom. The highest BCUT2D eigenvalue weighted by Crippen LogP contribution is 2.24. The molecule has 27 heavy (non-hydrogen) atoms. The molecule has 0 aliphatic carbocycles. The van der Waals surface area contributed by atoms with Gasteiger partial charge in [0.25, 0.3) is 0 Å². The maximum Gasteiger partial charge on any atom is 0.220 e. The van der Waals surface area contributed by atoms with Gasteiger partial charge in [-0.3, -0.25) is 4.79 Å². The molecule has 0 aliphatic rings. The third kappa shape index (κ3) is 5.20. The molecule has 1 N–H and O–H groups in total. The van der Waals surface area contributed by atoms with Gasteiger partial charge in [0, 0.05) is 25.5 Å². The molecule has 0 unspecified atom stereocenters. The second-order valence-electron chi connectivity index (χ2n) is 5.97. The highest BCUT2D eigenvalue weighted by molar-refractivity contribution is 5.76. The van der Waals surface area contributed by atoms with Crippen molar-refractivity contribution in [1.82, 2.24) is 10.3 Å². The van der Waals surface area contributed by atoms with Crippen LogP contribution in [0.25, 0.3) is 11.3 Å². The summed E-state index contributed by atoms with van der Waals surface area (Å²) in [4.78, 5) is 15.9. The van der Waals surface area contributed by atoms with Crippen molar-refractivity contribution in [3.8, 4) is 11.3 Å². The minimum Gasteiger partial charge on any atom is -0.441 e. The molecule has 0 saturated carbocycles. The first kappa shape index (κ1) is 18.7. The number of rotatable bonds is 7. The van der Waals surface area contributed by atoms with Gasteiger partial charge in [0.05, 0.1) is 11.8 Å². The molecule has 1 heterocycles. The number of halogens is 3. The number of carbonyl (C=O) groups excluding carboxylic acids is 1. The second kappa shape index (κ2) is 8.53. The van der Waals surface area contributed by atoms with E-state index in [2.05, 4.69) is 10.3 Å². The van der Waals surface area contributed by atoms with E-state index in [9.17, 15) is 18.0 Å². The summed E-state index contributed by atoms with van der Waals surface area (Å²) in [5, 5.41) is 2.74. The van der Waals surface area contributed by atoms with Crippen LogP contribution >= 0.6 is 0 Å². The second-order valence-corrected chi connectivity index (χ2v) is 5.97. The van der Waals surface area contributed by atoms with E-state index >= 15 is 0 Å². The minimum absolute atomic E-state index is 0.106. The molecule has 1 amide bonds. The van der Waals surface area contributed by atoms with E-state index in [0.29, 0.717) is 13.0 Å². The van der Waals surface area contributed by atoms with Crippen molar-refractivity contribution in [1.29, 1.82) is 0 Å². The fourth-order valence-electron chi connectivity index (χ4n) is 2.59. The summed E-state index contributed by atoms with van der Waals surface area (Å²) in [6.07, 6.45) is 2.26. The molecular formula is C20H17F3N2O2. The fraction of sp³-hybridized carbons (Fsp3) is 0.200. The first-order valence-electron chi connectivity index (χ1n) is 8.42. The van der Waals surface area contributed by atoms with Crippen LogP contribution < -0.4 is 5.32 Å². The van der Waals surface area contributed by atoms with Crippen molar-refractivity contribution in [2.45, 2.75) is 19.3 Å². The first-order chi connectivity index (χ1) is 13.0. The van der Waals surface area contributed by atoms with Crippen LogP contribution in [-0.4, -0.2) is 17.4 Å². The van der Waals surface area contributed by atoms with E-state index in [1.807, 2.05) is 0 Å². The SMILES string of the molecule is O=C(CCc1ncc(-c2ccc(F)cc2F)o1)NCCc1cccc(F)c1. The molecule has 0 fully saturated rings. The average molecular weight is 374 g/mol. The lowest BCUT2D eigenvalue weighted by atomic mass is 10.1. The summed E-state index contributed by atoms with van der Waals surface area (Å²) in [6.45, 7) is 0.389. The Labute approximate surface area is 154 Å². The van der Waals surface area contributed by atoms with Gasteiger partial charge in [-0.2, -0.15) is 0 Å². The normalized spacial score (nSPS) is 10.8. The standard InChI is InChI=1S/C20H17F3N2O2/c21-14-3-1-2-13(10-14)8-9-24-19(26)6-7-20-25-12-18(27-20)16-5-4-15(22)11-17(16)23/h1-5,10-12H,6-9H2,(H,24,26). The molecule has 7 heteroatoms. The van der Waals surface area contributed by atoms with E-state index < -0.39 is 11.6 Å². The van der Waals surface area contributed by atoms with Gasteiger partial charge in [-0.25, -0.2) is 18.2 Å². The van der Waals surface area contributed by atoms with Crippen molar-refractivity contribution in [3.63, 3.8) is 0 Å². The summed E-state index contributed by atoms with van der Waals surface area (Å²) in [5.74, 6) is -1.46. The largest absolute Gasteiger partial charge is 0.441 e. The molecule has 1 aromatic heterocycles. The number of amides is 1. The quantitative estimate of drug-likeness (QED) is 0.679. The predicted molar refractivity (Wildman–Crippen MR) is 93.3 cm³/mol. The Kier molecular flexibility index (Phi) is 5.90. The highest BCUT2D eigenvalue weighted by atomic mass is 19.1. The maximum atomic E-state index is 13.7.